The zero-order valence-electron chi connectivity index (χ0n) is 12.7. The van der Waals surface area contributed by atoms with E-state index in [1.807, 2.05) is 0 Å². The van der Waals surface area contributed by atoms with E-state index < -0.39 is 0 Å². The van der Waals surface area contributed by atoms with Crippen LogP contribution >= 0.6 is 0 Å². The van der Waals surface area contributed by atoms with E-state index >= 15 is 0 Å². The minimum Gasteiger partial charge on any atom is -0.324 e. The molecule has 0 aromatic carbocycles. The van der Waals surface area contributed by atoms with Gasteiger partial charge in [-0.2, -0.15) is 0 Å². The average Bonchev–Trinajstić information content (AvgIpc) is 2.46. The van der Waals surface area contributed by atoms with E-state index in [0.29, 0.717) is 11.7 Å². The van der Waals surface area contributed by atoms with Crippen LogP contribution in [0.1, 0.15) is 64.2 Å². The molecule has 0 spiro atoms. The summed E-state index contributed by atoms with van der Waals surface area (Å²) in [5.41, 5.74) is 5.83. The Kier molecular flexibility index (Phi) is 3.21. The van der Waals surface area contributed by atoms with Crippen LogP contribution in [-0.4, -0.2) is 12.3 Å². The summed E-state index contributed by atoms with van der Waals surface area (Å²) >= 11 is 0. The average molecular weight is 275 g/mol. The molecule has 2 N–H and O–H groups in total. The Morgan fingerprint density at radius 3 is 1.95 bits per heavy atom. The molecule has 5 aliphatic carbocycles. The van der Waals surface area contributed by atoms with Crippen LogP contribution in [0.2, 0.25) is 0 Å². The third kappa shape index (κ3) is 1.83. The summed E-state index contributed by atoms with van der Waals surface area (Å²) in [5, 5.41) is 0. The highest BCUT2D eigenvalue weighted by Crippen LogP contribution is 2.63. The third-order valence-electron chi connectivity index (χ3n) is 7.35. The van der Waals surface area contributed by atoms with Gasteiger partial charge in [-0.1, -0.05) is 19.3 Å². The SMILES string of the molecule is NCC(=O)C1(C2C3CC4CC(C3)CC2C4)CCCCC1. The maximum absolute atomic E-state index is 12.8. The first-order valence-corrected chi connectivity index (χ1v) is 8.96. The molecule has 5 saturated carbocycles. The molecule has 0 saturated heterocycles. The first-order valence-electron chi connectivity index (χ1n) is 8.96. The molecule has 2 nitrogen and oxygen atoms in total. The number of carbonyl (C=O) groups is 1. The molecule has 0 aliphatic heterocycles. The van der Waals surface area contributed by atoms with E-state index in [4.69, 9.17) is 5.73 Å². The number of hydrogen-bond donors (Lipinski definition) is 1. The summed E-state index contributed by atoms with van der Waals surface area (Å²) in [4.78, 5) is 12.8. The van der Waals surface area contributed by atoms with Gasteiger partial charge in [0, 0.05) is 5.41 Å². The Labute approximate surface area is 122 Å². The molecular weight excluding hydrogens is 246 g/mol. The number of hydrogen-bond acceptors (Lipinski definition) is 2. The maximum Gasteiger partial charge on any atom is 0.152 e. The van der Waals surface area contributed by atoms with Crippen molar-refractivity contribution in [1.29, 1.82) is 0 Å². The molecule has 4 bridgehead atoms. The molecule has 0 atom stereocenters. The van der Waals surface area contributed by atoms with E-state index in [1.54, 1.807) is 0 Å². The van der Waals surface area contributed by atoms with Gasteiger partial charge in [-0.15, -0.1) is 0 Å². The minimum absolute atomic E-state index is 0.00435. The van der Waals surface area contributed by atoms with Crippen LogP contribution in [0, 0.1) is 35.0 Å². The number of ketones is 1. The lowest BCUT2D eigenvalue weighted by Gasteiger charge is -2.60. The van der Waals surface area contributed by atoms with Gasteiger partial charge >= 0.3 is 0 Å². The fourth-order valence-corrected chi connectivity index (χ4v) is 7.01. The quantitative estimate of drug-likeness (QED) is 0.856. The van der Waals surface area contributed by atoms with Crippen LogP contribution in [0.3, 0.4) is 0 Å². The van der Waals surface area contributed by atoms with Crippen molar-refractivity contribution in [3.8, 4) is 0 Å². The summed E-state index contributed by atoms with van der Waals surface area (Å²) < 4.78 is 0. The van der Waals surface area contributed by atoms with E-state index in [1.165, 1.54) is 51.4 Å². The fourth-order valence-electron chi connectivity index (χ4n) is 7.01. The zero-order valence-corrected chi connectivity index (χ0v) is 12.7. The summed E-state index contributed by atoms with van der Waals surface area (Å²) in [5.74, 6) is 4.84. The normalized spacial score (nSPS) is 45.5. The molecule has 112 valence electrons. The number of nitrogens with two attached hydrogens (primary N) is 1. The van der Waals surface area contributed by atoms with Crippen molar-refractivity contribution >= 4 is 5.78 Å². The van der Waals surface area contributed by atoms with Gasteiger partial charge in [-0.25, -0.2) is 0 Å². The van der Waals surface area contributed by atoms with Crippen LogP contribution < -0.4 is 5.73 Å². The summed E-state index contributed by atoms with van der Waals surface area (Å²) in [6.45, 7) is 0.281. The van der Waals surface area contributed by atoms with Crippen LogP contribution in [0.4, 0.5) is 0 Å². The summed E-state index contributed by atoms with van der Waals surface area (Å²) in [7, 11) is 0. The van der Waals surface area contributed by atoms with Crippen molar-refractivity contribution in [1.82, 2.24) is 0 Å². The van der Waals surface area contributed by atoms with Crippen molar-refractivity contribution in [3.05, 3.63) is 0 Å². The Hall–Kier alpha value is -0.370. The van der Waals surface area contributed by atoms with Crippen LogP contribution in [0.5, 0.6) is 0 Å². The molecule has 0 unspecified atom stereocenters. The van der Waals surface area contributed by atoms with Crippen molar-refractivity contribution < 1.29 is 4.79 Å². The molecular formula is C18H29NO. The standard InChI is InChI=1S/C18H29NO/c19-11-16(20)18(4-2-1-3-5-18)17-14-7-12-6-13(9-14)10-15(17)8-12/h12-15,17H,1-11,19H2. The fraction of sp³-hybridized carbons (Fsp3) is 0.944. The number of rotatable bonds is 3. The van der Waals surface area contributed by atoms with Gasteiger partial charge in [-0.05, 0) is 74.5 Å². The first-order chi connectivity index (χ1) is 9.73. The van der Waals surface area contributed by atoms with Crippen molar-refractivity contribution in [2.75, 3.05) is 6.54 Å². The lowest BCUT2D eigenvalue weighted by Crippen LogP contribution is -2.56. The monoisotopic (exact) mass is 275 g/mol. The molecule has 0 radical (unpaired) electrons. The highest BCUT2D eigenvalue weighted by molar-refractivity contribution is 5.87. The molecule has 20 heavy (non-hydrogen) atoms. The molecule has 0 amide bonds. The van der Waals surface area contributed by atoms with Crippen LogP contribution in [-0.2, 0) is 4.79 Å². The smallest absolute Gasteiger partial charge is 0.152 e. The van der Waals surface area contributed by atoms with Gasteiger partial charge in [0.05, 0.1) is 6.54 Å². The third-order valence-corrected chi connectivity index (χ3v) is 7.35. The van der Waals surface area contributed by atoms with Crippen molar-refractivity contribution in [2.24, 2.45) is 40.7 Å². The van der Waals surface area contributed by atoms with Gasteiger partial charge in [0.25, 0.3) is 0 Å². The van der Waals surface area contributed by atoms with E-state index in [0.717, 1.165) is 36.5 Å². The molecule has 5 fully saturated rings. The van der Waals surface area contributed by atoms with Crippen molar-refractivity contribution in [2.45, 2.75) is 64.2 Å². The highest BCUT2D eigenvalue weighted by atomic mass is 16.1. The van der Waals surface area contributed by atoms with Crippen LogP contribution in [0.25, 0.3) is 0 Å². The second kappa shape index (κ2) is 4.83. The topological polar surface area (TPSA) is 43.1 Å². The molecule has 0 aromatic rings. The van der Waals surface area contributed by atoms with E-state index in [-0.39, 0.29) is 12.0 Å². The first kappa shape index (κ1) is 13.3. The molecule has 5 aliphatic rings. The molecule has 2 heteroatoms. The Bertz CT molecular complexity index is 368. The predicted octanol–water partition coefficient (Wildman–Crippen LogP) is 3.54. The predicted molar refractivity (Wildman–Crippen MR) is 80.1 cm³/mol. The van der Waals surface area contributed by atoms with E-state index in [2.05, 4.69) is 0 Å². The van der Waals surface area contributed by atoms with Gasteiger partial charge in [0.15, 0.2) is 5.78 Å². The van der Waals surface area contributed by atoms with E-state index in [9.17, 15) is 4.79 Å². The Morgan fingerprint density at radius 1 is 0.900 bits per heavy atom. The zero-order chi connectivity index (χ0) is 13.7. The second-order valence-corrected chi connectivity index (χ2v) is 8.30. The Morgan fingerprint density at radius 2 is 1.45 bits per heavy atom. The Balaban J connectivity index is 1.67. The maximum atomic E-state index is 12.8. The number of carbonyl (C=O) groups excluding carboxylic acids is 1. The van der Waals surface area contributed by atoms with Gasteiger partial charge in [-0.3, -0.25) is 4.79 Å². The lowest BCUT2D eigenvalue weighted by molar-refractivity contribution is -0.151. The number of Topliss-reactive ketones (excluding diaryl/α,β-unsaturated/α-hetero) is 1. The highest BCUT2D eigenvalue weighted by Gasteiger charge is 2.57. The van der Waals surface area contributed by atoms with Gasteiger partial charge in [0.1, 0.15) is 0 Å². The second-order valence-electron chi connectivity index (χ2n) is 8.30. The lowest BCUT2D eigenvalue weighted by atomic mass is 9.44. The van der Waals surface area contributed by atoms with Gasteiger partial charge in [0.2, 0.25) is 0 Å². The van der Waals surface area contributed by atoms with Gasteiger partial charge < -0.3 is 5.73 Å². The minimum atomic E-state index is -0.00435. The molecule has 0 heterocycles. The molecule has 0 aromatic heterocycles. The summed E-state index contributed by atoms with van der Waals surface area (Å²) in [6.07, 6.45) is 13.3. The van der Waals surface area contributed by atoms with Crippen molar-refractivity contribution in [3.63, 3.8) is 0 Å². The van der Waals surface area contributed by atoms with Crippen LogP contribution in [0.15, 0.2) is 0 Å². The summed E-state index contributed by atoms with van der Waals surface area (Å²) in [6, 6.07) is 0. The molecule has 5 rings (SSSR count). The largest absolute Gasteiger partial charge is 0.324 e.